The molecule has 0 aliphatic heterocycles. The Kier molecular flexibility index (Phi) is 5.06. The fraction of sp³-hybridized carbons (Fsp3) is 0.188. The first kappa shape index (κ1) is 16.0. The summed E-state index contributed by atoms with van der Waals surface area (Å²) in [6, 6.07) is 13.1. The van der Waals surface area contributed by atoms with Crippen molar-refractivity contribution in [2.75, 3.05) is 12.8 Å². The maximum absolute atomic E-state index is 12.6. The van der Waals surface area contributed by atoms with E-state index in [0.717, 1.165) is 14.5 Å². The van der Waals surface area contributed by atoms with Gasteiger partial charge in [0, 0.05) is 27.2 Å². The number of anilines is 1. The van der Waals surface area contributed by atoms with E-state index in [-0.39, 0.29) is 11.9 Å². The molecule has 1 atom stereocenters. The third kappa shape index (κ3) is 3.86. The van der Waals surface area contributed by atoms with Gasteiger partial charge in [0.05, 0.1) is 6.04 Å². The van der Waals surface area contributed by atoms with Crippen molar-refractivity contribution in [1.82, 2.24) is 4.90 Å². The smallest absolute Gasteiger partial charge is 0.254 e. The molecule has 5 heteroatoms. The fourth-order valence-electron chi connectivity index (χ4n) is 2.10. The highest BCUT2D eigenvalue weighted by molar-refractivity contribution is 9.11. The molecular weight excluding hydrogens is 396 g/mol. The number of nitrogens with zero attached hydrogens (tertiary/aromatic N) is 1. The second-order valence-electron chi connectivity index (χ2n) is 4.92. The Hall–Kier alpha value is -1.33. The van der Waals surface area contributed by atoms with Crippen LogP contribution in [0.1, 0.15) is 28.9 Å². The van der Waals surface area contributed by atoms with Crippen LogP contribution in [-0.4, -0.2) is 17.9 Å². The standard InChI is InChI=1S/C16H16Br2N2O/c1-10(11-4-3-5-15(19)8-11)20(2)16(21)12-6-13(17)9-14(18)7-12/h3-10H,19H2,1-2H3. The maximum Gasteiger partial charge on any atom is 0.254 e. The van der Waals surface area contributed by atoms with Crippen LogP contribution in [-0.2, 0) is 0 Å². The summed E-state index contributed by atoms with van der Waals surface area (Å²) in [7, 11) is 1.80. The van der Waals surface area contributed by atoms with Crippen molar-refractivity contribution < 1.29 is 4.79 Å². The first-order chi connectivity index (χ1) is 9.88. The Bertz CT molecular complexity index is 653. The molecule has 0 aliphatic carbocycles. The first-order valence-electron chi connectivity index (χ1n) is 6.47. The second-order valence-corrected chi connectivity index (χ2v) is 6.75. The minimum Gasteiger partial charge on any atom is -0.399 e. The minimum absolute atomic E-state index is 0.0353. The average molecular weight is 412 g/mol. The SMILES string of the molecule is CC(c1cccc(N)c1)N(C)C(=O)c1cc(Br)cc(Br)c1. The molecule has 21 heavy (non-hydrogen) atoms. The normalized spacial score (nSPS) is 12.0. The molecule has 2 N–H and O–H groups in total. The highest BCUT2D eigenvalue weighted by Gasteiger charge is 2.19. The van der Waals surface area contributed by atoms with Crippen LogP contribution < -0.4 is 5.73 Å². The Morgan fingerprint density at radius 2 is 1.76 bits per heavy atom. The minimum atomic E-state index is -0.0567. The van der Waals surface area contributed by atoms with Crippen molar-refractivity contribution in [1.29, 1.82) is 0 Å². The molecule has 0 saturated heterocycles. The molecule has 0 fully saturated rings. The van der Waals surface area contributed by atoms with Gasteiger partial charge in [-0.3, -0.25) is 4.79 Å². The summed E-state index contributed by atoms with van der Waals surface area (Å²) in [5.74, 6) is -0.0353. The van der Waals surface area contributed by atoms with Gasteiger partial charge in [0.2, 0.25) is 0 Å². The van der Waals surface area contributed by atoms with E-state index >= 15 is 0 Å². The van der Waals surface area contributed by atoms with E-state index in [1.807, 2.05) is 49.4 Å². The van der Waals surface area contributed by atoms with Crippen LogP contribution in [0, 0.1) is 0 Å². The van der Waals surface area contributed by atoms with E-state index in [4.69, 9.17) is 5.73 Å². The van der Waals surface area contributed by atoms with Crippen molar-refractivity contribution in [2.45, 2.75) is 13.0 Å². The number of carbonyl (C=O) groups excluding carboxylic acids is 1. The molecule has 0 saturated carbocycles. The van der Waals surface area contributed by atoms with Crippen molar-refractivity contribution in [2.24, 2.45) is 0 Å². The number of nitrogen functional groups attached to an aromatic ring is 1. The predicted molar refractivity (Wildman–Crippen MR) is 93.2 cm³/mol. The Morgan fingerprint density at radius 1 is 1.14 bits per heavy atom. The Morgan fingerprint density at radius 3 is 2.33 bits per heavy atom. The molecule has 3 nitrogen and oxygen atoms in total. The summed E-state index contributed by atoms with van der Waals surface area (Å²) in [4.78, 5) is 14.3. The summed E-state index contributed by atoms with van der Waals surface area (Å²) < 4.78 is 1.73. The molecule has 0 spiro atoms. The van der Waals surface area contributed by atoms with Gasteiger partial charge in [-0.1, -0.05) is 44.0 Å². The maximum atomic E-state index is 12.6. The van der Waals surface area contributed by atoms with Crippen LogP contribution in [0.5, 0.6) is 0 Å². The summed E-state index contributed by atoms with van der Waals surface area (Å²) in [6.45, 7) is 1.99. The molecular formula is C16H16Br2N2O. The lowest BCUT2D eigenvalue weighted by Crippen LogP contribution is -2.29. The van der Waals surface area contributed by atoms with Crippen molar-refractivity contribution in [3.63, 3.8) is 0 Å². The van der Waals surface area contributed by atoms with E-state index in [1.165, 1.54) is 0 Å². The summed E-state index contributed by atoms with van der Waals surface area (Å²) in [6.07, 6.45) is 0. The van der Waals surface area contributed by atoms with Gasteiger partial charge in [-0.05, 0) is 42.8 Å². The average Bonchev–Trinajstić information content (AvgIpc) is 2.44. The molecule has 1 amide bonds. The van der Waals surface area contributed by atoms with Gasteiger partial charge < -0.3 is 10.6 Å². The van der Waals surface area contributed by atoms with Crippen LogP contribution in [0.4, 0.5) is 5.69 Å². The molecule has 0 bridgehead atoms. The van der Waals surface area contributed by atoms with E-state index < -0.39 is 0 Å². The van der Waals surface area contributed by atoms with Crippen molar-refractivity contribution >= 4 is 43.5 Å². The summed E-state index contributed by atoms with van der Waals surface area (Å²) >= 11 is 6.81. The van der Waals surface area contributed by atoms with Gasteiger partial charge in [0.25, 0.3) is 5.91 Å². The summed E-state index contributed by atoms with van der Waals surface area (Å²) in [5.41, 5.74) is 8.15. The topological polar surface area (TPSA) is 46.3 Å². The van der Waals surface area contributed by atoms with Crippen molar-refractivity contribution in [3.05, 3.63) is 62.5 Å². The highest BCUT2D eigenvalue weighted by Crippen LogP contribution is 2.25. The molecule has 2 aromatic carbocycles. The van der Waals surface area contributed by atoms with Gasteiger partial charge >= 0.3 is 0 Å². The lowest BCUT2D eigenvalue weighted by molar-refractivity contribution is 0.0742. The van der Waals surface area contributed by atoms with Crippen LogP contribution in [0.2, 0.25) is 0 Å². The van der Waals surface area contributed by atoms with Crippen LogP contribution in [0.25, 0.3) is 0 Å². The number of nitrogens with two attached hydrogens (primary N) is 1. The molecule has 0 aromatic heterocycles. The lowest BCUT2D eigenvalue weighted by Gasteiger charge is -2.26. The lowest BCUT2D eigenvalue weighted by atomic mass is 10.1. The number of halogens is 2. The molecule has 1 unspecified atom stereocenters. The van der Waals surface area contributed by atoms with Gasteiger partial charge in [-0.15, -0.1) is 0 Å². The van der Waals surface area contributed by atoms with Crippen LogP contribution in [0.3, 0.4) is 0 Å². The zero-order valence-corrected chi connectivity index (χ0v) is 15.0. The second kappa shape index (κ2) is 6.62. The van der Waals surface area contributed by atoms with Gasteiger partial charge in [0.15, 0.2) is 0 Å². The van der Waals surface area contributed by atoms with E-state index in [1.54, 1.807) is 11.9 Å². The molecule has 0 heterocycles. The van der Waals surface area contributed by atoms with E-state index in [2.05, 4.69) is 31.9 Å². The summed E-state index contributed by atoms with van der Waals surface area (Å²) in [5, 5.41) is 0. The number of rotatable bonds is 3. The Balaban J connectivity index is 2.26. The number of benzene rings is 2. The molecule has 0 aliphatic rings. The number of hydrogen-bond acceptors (Lipinski definition) is 2. The zero-order valence-electron chi connectivity index (χ0n) is 11.8. The van der Waals surface area contributed by atoms with Gasteiger partial charge in [0.1, 0.15) is 0 Å². The molecule has 2 aromatic rings. The monoisotopic (exact) mass is 410 g/mol. The number of amides is 1. The number of carbonyl (C=O) groups is 1. The highest BCUT2D eigenvalue weighted by atomic mass is 79.9. The van der Waals surface area contributed by atoms with E-state index in [0.29, 0.717) is 11.3 Å². The number of hydrogen-bond donors (Lipinski definition) is 1. The van der Waals surface area contributed by atoms with E-state index in [9.17, 15) is 4.79 Å². The zero-order chi connectivity index (χ0) is 15.6. The molecule has 0 radical (unpaired) electrons. The van der Waals surface area contributed by atoms with Gasteiger partial charge in [-0.25, -0.2) is 0 Å². The Labute approximate surface area is 141 Å². The third-order valence-corrected chi connectivity index (χ3v) is 4.32. The molecule has 110 valence electrons. The van der Waals surface area contributed by atoms with Gasteiger partial charge in [-0.2, -0.15) is 0 Å². The van der Waals surface area contributed by atoms with Crippen LogP contribution >= 0.6 is 31.9 Å². The molecule has 2 rings (SSSR count). The van der Waals surface area contributed by atoms with Crippen molar-refractivity contribution in [3.8, 4) is 0 Å². The quantitative estimate of drug-likeness (QED) is 0.748. The fourth-order valence-corrected chi connectivity index (χ4v) is 3.39. The third-order valence-electron chi connectivity index (χ3n) is 3.40. The first-order valence-corrected chi connectivity index (χ1v) is 8.06. The predicted octanol–water partition coefficient (Wildman–Crippen LogP) is 4.63. The largest absolute Gasteiger partial charge is 0.399 e. The van der Waals surface area contributed by atoms with Crippen LogP contribution in [0.15, 0.2) is 51.4 Å².